The fourth-order valence-electron chi connectivity index (χ4n) is 12.9. The van der Waals surface area contributed by atoms with Crippen molar-refractivity contribution in [1.82, 2.24) is 93.0 Å². The number of pyridine rings is 3. The zero-order chi connectivity index (χ0) is 106. The van der Waals surface area contributed by atoms with Gasteiger partial charge in [0.15, 0.2) is 55.2 Å². The molecule has 148 heavy (non-hydrogen) atoms. The summed E-state index contributed by atoms with van der Waals surface area (Å²) in [4.78, 5) is 63.8. The summed E-state index contributed by atoms with van der Waals surface area (Å²) < 4.78 is 126. The molecule has 762 valence electrons. The van der Waals surface area contributed by atoms with Crippen LogP contribution in [-0.4, -0.2) is 128 Å². The molecule has 2 N–H and O–H groups in total. The van der Waals surface area contributed by atoms with Crippen molar-refractivity contribution in [3.05, 3.63) is 363 Å². The van der Waals surface area contributed by atoms with Crippen LogP contribution in [0.3, 0.4) is 0 Å². The number of anilines is 1. The number of para-hydroxylation sites is 4. The Balaban J connectivity index is 0.000000171. The van der Waals surface area contributed by atoms with E-state index in [-0.39, 0.29) is 52.1 Å². The number of rotatable bonds is 23. The standard InChI is InChI=1S/C26H20F3N5O2.C20H17ClN4O2.C19H14BrClN4O2.C19H15ClN4O2.C7H6F3N.C5H5BrN2.C4H9.C2Br2Cl4.Li/c1-16-30-22-24(34(16)15-17-11-13-18(35-2)14-12-17)32-23(20-9-6-10-21(31-20)26(27,28)29)33-25(22)36-19-7-4-3-5-8-19;1-13-22-17-18(25(13)12-14-8-10-15(26-2)11-9-14)23-20(21)24-19(17)27-16-6-4-3-5-7-16;1-26-13-9-7-12(8-10-13)11-25-16-15(22-18(25)20)17(24-19(21)23-16)27-14-5-3-2-4-6-14;1-25-14-9-7-13(8-10-14)11-24-12-21-16-17(24)22-19(20)23-18(16)26-15-5-3-2-4-6-15;1-5-3-2-4-6(11-5)7(8,9)10;6-5-3-4(7)1-2-8-5;1-3-4-2;3-1(5,6)2(4,7)8;/h3-14H,15H2,1-2H3;3-11H,12H2,1-2H3;2-10H,11H2,1H3;2-10,12H,11H2,1H3;2-4H,1H3;1-3H,(H2,7,8);1,3-4H2,2H3;;/q;;;;;;-1;;+1. The number of hydrogen-bond donors (Lipinski definition) is 1. The molecule has 0 aliphatic rings. The number of aryl methyl sites for hydroxylation is 3. The Labute approximate surface area is 926 Å². The molecule has 0 bridgehead atoms. The third kappa shape index (κ3) is 33.6. The number of benzene rings is 8. The maximum Gasteiger partial charge on any atom is 1.00 e. The van der Waals surface area contributed by atoms with Crippen molar-refractivity contribution in [2.24, 2.45) is 0 Å². The Morgan fingerprint density at radius 2 is 0.703 bits per heavy atom. The van der Waals surface area contributed by atoms with Crippen molar-refractivity contribution in [1.29, 1.82) is 0 Å². The molecule has 0 radical (unpaired) electrons. The van der Waals surface area contributed by atoms with E-state index in [0.29, 0.717) is 128 Å². The minimum Gasteiger partial charge on any atom is -0.497 e. The number of alkyl halides is 12. The van der Waals surface area contributed by atoms with Crippen molar-refractivity contribution in [3.8, 4) is 81.0 Å². The van der Waals surface area contributed by atoms with Crippen LogP contribution in [0.25, 0.3) is 56.2 Å². The monoisotopic (exact) mass is 2400 g/mol. The Kier molecular flexibility index (Phi) is 42.9. The molecule has 19 aromatic rings. The molecule has 46 heteroatoms. The van der Waals surface area contributed by atoms with E-state index in [9.17, 15) is 26.3 Å². The fourth-order valence-corrected chi connectivity index (χ4v) is 14.2. The van der Waals surface area contributed by atoms with Crippen LogP contribution in [0.15, 0.2) is 289 Å². The van der Waals surface area contributed by atoms with E-state index < -0.39 is 30.2 Å². The summed E-state index contributed by atoms with van der Waals surface area (Å²) >= 11 is 52.2. The summed E-state index contributed by atoms with van der Waals surface area (Å²) in [6.07, 6.45) is -3.29. The predicted molar refractivity (Wildman–Crippen MR) is 573 cm³/mol. The molecule has 11 heterocycles. The van der Waals surface area contributed by atoms with Gasteiger partial charge in [0.2, 0.25) is 22.3 Å². The van der Waals surface area contributed by atoms with Gasteiger partial charge in [-0.3, -0.25) is 4.57 Å². The first-order chi connectivity index (χ1) is 70.3. The van der Waals surface area contributed by atoms with Gasteiger partial charge in [0.25, 0.3) is 23.5 Å². The molecule has 0 aliphatic heterocycles. The average Bonchev–Trinajstić information content (AvgIpc) is 1.63. The third-order valence-corrected chi connectivity index (χ3v) is 25.8. The van der Waals surface area contributed by atoms with Crippen LogP contribution >= 0.6 is 145 Å². The van der Waals surface area contributed by atoms with Crippen LogP contribution in [0.5, 0.6) is 69.5 Å². The van der Waals surface area contributed by atoms with Gasteiger partial charge in [-0.15, -0.1) is 0 Å². The van der Waals surface area contributed by atoms with Crippen LogP contribution in [0, 0.1) is 27.7 Å². The van der Waals surface area contributed by atoms with Crippen LogP contribution in [0.4, 0.5) is 32.0 Å². The molecule has 0 fully saturated rings. The molecule has 19 rings (SSSR count). The molecule has 0 amide bonds. The molecule has 0 unspecified atom stereocenters. The minimum absolute atomic E-state index is 0. The second-order valence-corrected chi connectivity index (χ2v) is 40.0. The minimum atomic E-state index is -4.60. The van der Waals surface area contributed by atoms with Crippen LogP contribution in [-0.2, 0) is 38.5 Å². The SMILES string of the molecule is COc1ccc(Cn2c(Br)nc3c(Oc4ccccc4)nc(Cl)nc32)cc1.COc1ccc(Cn2c(C)nc3c(Oc4ccccc4)nc(-c4cccc(C(F)(F)F)n4)nc32)cc1.COc1ccc(Cn2c(C)nc3c(Oc4ccccc4)nc(Cl)nc32)cc1.COc1ccc(Cn2cnc3c(Oc4ccccc4)nc(Cl)nc32)cc1.Cc1cccc(C(F)(F)F)n1.ClC(Cl)(Br)C(Cl)(Cl)Br.Nc1ccnc(Br)c1.[CH2-]CCC.[Li+]. The van der Waals surface area contributed by atoms with Gasteiger partial charge in [-0.1, -0.05) is 193 Å². The largest absolute Gasteiger partial charge is 1.00 e. The van der Waals surface area contributed by atoms with Gasteiger partial charge in [0, 0.05) is 17.6 Å². The molecule has 0 saturated carbocycles. The second-order valence-electron chi connectivity index (χ2n) is 30.6. The maximum absolute atomic E-state index is 13.3. The quantitative estimate of drug-likeness (QED) is 0.0118. The number of methoxy groups -OCH3 is 4. The summed E-state index contributed by atoms with van der Waals surface area (Å²) in [5, 5.41) is 0.320. The molecule has 28 nitrogen and oxygen atoms in total. The normalized spacial score (nSPS) is 11.0. The smallest absolute Gasteiger partial charge is 0.497 e. The first kappa shape index (κ1) is 116. The van der Waals surface area contributed by atoms with Gasteiger partial charge in [-0.05, 0) is 275 Å². The van der Waals surface area contributed by atoms with E-state index in [0.717, 1.165) is 79.9 Å². The molecule has 0 saturated heterocycles. The summed E-state index contributed by atoms with van der Waals surface area (Å²) in [5.74, 6) is 8.18. The van der Waals surface area contributed by atoms with E-state index in [4.69, 9.17) is 125 Å². The first-order valence-electron chi connectivity index (χ1n) is 43.7. The van der Waals surface area contributed by atoms with Gasteiger partial charge >= 0.3 is 31.2 Å². The second kappa shape index (κ2) is 54.8. The van der Waals surface area contributed by atoms with Crippen molar-refractivity contribution >= 4 is 195 Å². The summed E-state index contributed by atoms with van der Waals surface area (Å²) in [6, 6.07) is 79.0. The van der Waals surface area contributed by atoms with Crippen LogP contribution in [0.2, 0.25) is 15.9 Å². The number of ether oxygens (including phenoxy) is 8. The number of imidazole rings is 4. The van der Waals surface area contributed by atoms with Gasteiger partial charge in [0.1, 0.15) is 79.3 Å². The van der Waals surface area contributed by atoms with E-state index in [2.05, 4.69) is 152 Å². The van der Waals surface area contributed by atoms with Crippen molar-refractivity contribution in [3.63, 3.8) is 0 Å². The summed E-state index contributed by atoms with van der Waals surface area (Å²) in [5.41, 5.74) is 13.1. The number of unbranched alkanes of at least 4 members (excludes halogenated alkanes) is 1. The van der Waals surface area contributed by atoms with Crippen molar-refractivity contribution in [2.75, 3.05) is 34.2 Å². The van der Waals surface area contributed by atoms with Gasteiger partial charge in [0.05, 0.1) is 60.9 Å². The Morgan fingerprint density at radius 1 is 0.365 bits per heavy atom. The molecule has 0 spiro atoms. The number of hydrogen-bond acceptors (Lipinski definition) is 24. The Bertz CT molecular complexity index is 7320. The van der Waals surface area contributed by atoms with E-state index in [1.54, 1.807) is 77.4 Å². The molecule has 11 aromatic heterocycles. The zero-order valence-corrected chi connectivity index (χ0v) is 91.4. The summed E-state index contributed by atoms with van der Waals surface area (Å²) in [7, 11) is 6.53. The number of nitrogen functional groups attached to an aromatic ring is 1. The van der Waals surface area contributed by atoms with Crippen molar-refractivity contribution < 1.29 is 83.1 Å². The van der Waals surface area contributed by atoms with Gasteiger partial charge < -0.3 is 64.3 Å². The average molecular weight is 2410 g/mol. The number of aromatic nitrogens is 19. The molecule has 0 aliphatic carbocycles. The molecule has 8 aromatic carbocycles. The Hall–Kier alpha value is -12.3. The molecular weight excluding hydrogens is 2320 g/mol. The van der Waals surface area contributed by atoms with E-state index in [1.165, 1.54) is 37.6 Å². The topological polar surface area (TPSA) is 313 Å². The predicted octanol–water partition coefficient (Wildman–Crippen LogP) is 26.6. The number of nitrogens with zero attached hydrogens (tertiary/aromatic N) is 19. The Morgan fingerprint density at radius 3 is 1.05 bits per heavy atom. The van der Waals surface area contributed by atoms with Crippen molar-refractivity contribution in [2.45, 2.75) is 85.6 Å². The third-order valence-electron chi connectivity index (χ3n) is 20.1. The fraction of sp³-hybridized carbons (Fsp3) is 0.176. The molecule has 0 atom stereocenters. The van der Waals surface area contributed by atoms with Crippen LogP contribution in [0.1, 0.15) is 70.7 Å². The summed E-state index contributed by atoms with van der Waals surface area (Å²) in [6.45, 7) is 13.2. The number of nitrogens with two attached hydrogens (primary N) is 1. The number of halogens is 17. The zero-order valence-electron chi connectivity index (χ0n) is 79.8. The first-order valence-corrected chi connectivity index (χ1v) is 49.5. The van der Waals surface area contributed by atoms with Gasteiger partial charge in [-0.25, -0.2) is 39.9 Å². The van der Waals surface area contributed by atoms with Crippen LogP contribution < -0.4 is 62.5 Å². The maximum atomic E-state index is 13.3. The number of fused-ring (bicyclic) bond motifs is 4. The van der Waals surface area contributed by atoms with Gasteiger partial charge in [-0.2, -0.15) is 67.7 Å². The van der Waals surface area contributed by atoms with E-state index >= 15 is 0 Å². The van der Waals surface area contributed by atoms with E-state index in [1.807, 2.05) is 226 Å². The molecular formula is C102H86Br4Cl7F6LiN20O8.